The molecule has 0 saturated heterocycles. The summed E-state index contributed by atoms with van der Waals surface area (Å²) < 4.78 is 1.43. The Kier molecular flexibility index (Phi) is 7.78. The number of halogens is 1. The number of nitrogens with zero attached hydrogens (tertiary/aromatic N) is 5. The van der Waals surface area contributed by atoms with E-state index >= 15 is 0 Å². The summed E-state index contributed by atoms with van der Waals surface area (Å²) in [5.74, 6) is -2.21. The molecule has 4 aromatic rings. The summed E-state index contributed by atoms with van der Waals surface area (Å²) in [5, 5.41) is 26.0. The van der Waals surface area contributed by atoms with Gasteiger partial charge in [0.05, 0.1) is 11.9 Å². The minimum atomic E-state index is -1.14. The zero-order chi connectivity index (χ0) is 25.5. The first kappa shape index (κ1) is 24.7. The summed E-state index contributed by atoms with van der Waals surface area (Å²) in [7, 11) is 0. The molecule has 0 aliphatic rings. The molecule has 182 valence electrons. The highest BCUT2D eigenvalue weighted by molar-refractivity contribution is 7.17. The quantitative estimate of drug-likeness (QED) is 0.283. The lowest BCUT2D eigenvalue weighted by molar-refractivity contribution is -0.123. The summed E-state index contributed by atoms with van der Waals surface area (Å²) in [4.78, 5) is 40.8. The van der Waals surface area contributed by atoms with Crippen molar-refractivity contribution < 1.29 is 19.5 Å². The molecular formula is C23H18ClN7O4S. The van der Waals surface area contributed by atoms with Gasteiger partial charge in [0, 0.05) is 23.1 Å². The highest BCUT2D eigenvalue weighted by Gasteiger charge is 2.22. The fraction of sp³-hybridized carbons (Fsp3) is 0.0870. The molecule has 0 aliphatic heterocycles. The number of aromatic nitrogens is 5. The van der Waals surface area contributed by atoms with E-state index in [1.807, 2.05) is 30.3 Å². The number of aromatic carboxylic acids is 1. The van der Waals surface area contributed by atoms with Crippen LogP contribution in [0.2, 0.25) is 5.02 Å². The molecule has 0 spiro atoms. The molecule has 1 atom stereocenters. The van der Waals surface area contributed by atoms with E-state index in [1.165, 1.54) is 23.2 Å². The van der Waals surface area contributed by atoms with Gasteiger partial charge in [-0.2, -0.15) is 4.68 Å². The number of thiazole rings is 1. The lowest BCUT2D eigenvalue weighted by Gasteiger charge is -2.17. The van der Waals surface area contributed by atoms with Gasteiger partial charge in [-0.3, -0.25) is 9.59 Å². The fourth-order valence-electron chi connectivity index (χ4n) is 3.21. The molecule has 2 heterocycles. The van der Waals surface area contributed by atoms with Crippen LogP contribution in [0.25, 0.3) is 11.8 Å². The Labute approximate surface area is 213 Å². The van der Waals surface area contributed by atoms with Crippen molar-refractivity contribution in [2.45, 2.75) is 12.5 Å². The van der Waals surface area contributed by atoms with E-state index in [9.17, 15) is 14.4 Å². The maximum Gasteiger partial charge on any atom is 0.347 e. The SMILES string of the molecule is O=C(C=Cc1cc(Cl)ccc1-n1cnnn1)NC(Cc1ccccc1)C(=O)Nc1ncc(C(=O)O)s1. The lowest BCUT2D eigenvalue weighted by atomic mass is 10.1. The third kappa shape index (κ3) is 6.37. The van der Waals surface area contributed by atoms with Gasteiger partial charge in [-0.05, 0) is 40.3 Å². The van der Waals surface area contributed by atoms with E-state index in [1.54, 1.807) is 18.2 Å². The van der Waals surface area contributed by atoms with Crippen LogP contribution in [0, 0.1) is 0 Å². The Bertz CT molecular complexity index is 1410. The van der Waals surface area contributed by atoms with Crippen LogP contribution in [-0.2, 0) is 16.0 Å². The molecule has 0 bridgehead atoms. The number of carbonyl (C=O) groups is 3. The van der Waals surface area contributed by atoms with Gasteiger partial charge in [0.1, 0.15) is 17.2 Å². The summed E-state index contributed by atoms with van der Waals surface area (Å²) in [6, 6.07) is 13.2. The normalized spacial score (nSPS) is 11.8. The molecule has 2 aromatic heterocycles. The number of anilines is 1. The highest BCUT2D eigenvalue weighted by atomic mass is 35.5. The molecule has 1 unspecified atom stereocenters. The fourth-order valence-corrected chi connectivity index (χ4v) is 4.05. The maximum atomic E-state index is 13.0. The van der Waals surface area contributed by atoms with Crippen molar-refractivity contribution in [1.82, 2.24) is 30.5 Å². The average Bonchev–Trinajstić information content (AvgIpc) is 3.56. The molecule has 11 nitrogen and oxygen atoms in total. The maximum absolute atomic E-state index is 13.0. The number of hydrogen-bond acceptors (Lipinski definition) is 8. The second kappa shape index (κ2) is 11.3. The first-order valence-corrected chi connectivity index (χ1v) is 11.6. The third-order valence-electron chi connectivity index (χ3n) is 4.86. The molecule has 2 amide bonds. The van der Waals surface area contributed by atoms with Crippen molar-refractivity contribution in [3.63, 3.8) is 0 Å². The topological polar surface area (TPSA) is 152 Å². The first-order valence-electron chi connectivity index (χ1n) is 10.4. The van der Waals surface area contributed by atoms with Crippen LogP contribution in [0.1, 0.15) is 20.8 Å². The van der Waals surface area contributed by atoms with Crippen molar-refractivity contribution >= 4 is 51.9 Å². The minimum absolute atomic E-state index is 0.0169. The summed E-state index contributed by atoms with van der Waals surface area (Å²) in [6.07, 6.45) is 5.58. The number of carboxylic acid groups (broad SMARTS) is 1. The molecule has 0 aliphatic carbocycles. The number of rotatable bonds is 9. The van der Waals surface area contributed by atoms with Crippen molar-refractivity contribution in [1.29, 1.82) is 0 Å². The van der Waals surface area contributed by atoms with E-state index in [4.69, 9.17) is 16.7 Å². The first-order chi connectivity index (χ1) is 17.4. The molecule has 0 saturated carbocycles. The Morgan fingerprint density at radius 2 is 1.97 bits per heavy atom. The van der Waals surface area contributed by atoms with Crippen LogP contribution in [0.5, 0.6) is 0 Å². The Balaban J connectivity index is 1.52. The van der Waals surface area contributed by atoms with Crippen molar-refractivity contribution in [2.24, 2.45) is 0 Å². The number of carbonyl (C=O) groups excluding carboxylic acids is 2. The van der Waals surface area contributed by atoms with Gasteiger partial charge in [-0.15, -0.1) is 5.10 Å². The van der Waals surface area contributed by atoms with E-state index in [-0.39, 0.29) is 16.4 Å². The zero-order valence-electron chi connectivity index (χ0n) is 18.4. The average molecular weight is 524 g/mol. The smallest absolute Gasteiger partial charge is 0.347 e. The van der Waals surface area contributed by atoms with E-state index in [0.717, 1.165) is 23.1 Å². The summed E-state index contributed by atoms with van der Waals surface area (Å²) >= 11 is 6.94. The van der Waals surface area contributed by atoms with Crippen LogP contribution < -0.4 is 10.6 Å². The van der Waals surface area contributed by atoms with Crippen LogP contribution in [0.15, 0.2) is 67.1 Å². The van der Waals surface area contributed by atoms with E-state index < -0.39 is 23.8 Å². The number of nitrogens with one attached hydrogen (secondary N) is 2. The Morgan fingerprint density at radius 3 is 2.67 bits per heavy atom. The molecule has 4 rings (SSSR count). The van der Waals surface area contributed by atoms with Gasteiger partial charge < -0.3 is 15.7 Å². The minimum Gasteiger partial charge on any atom is -0.477 e. The van der Waals surface area contributed by atoms with E-state index in [2.05, 4.69) is 31.1 Å². The number of amides is 2. The molecule has 13 heteroatoms. The second-order valence-corrected chi connectivity index (χ2v) is 8.83. The lowest BCUT2D eigenvalue weighted by Crippen LogP contribution is -2.44. The van der Waals surface area contributed by atoms with E-state index in [0.29, 0.717) is 16.3 Å². The summed E-state index contributed by atoms with van der Waals surface area (Å²) in [6.45, 7) is 0. The Hall–Kier alpha value is -4.42. The second-order valence-electron chi connectivity index (χ2n) is 7.37. The van der Waals surface area contributed by atoms with Gasteiger partial charge in [0.25, 0.3) is 0 Å². The van der Waals surface area contributed by atoms with Gasteiger partial charge in [0.2, 0.25) is 11.8 Å². The standard InChI is InChI=1S/C23H18ClN7O4S/c24-16-7-8-18(31-13-26-29-30-31)15(11-16)6-9-20(32)27-17(10-14-4-2-1-3-5-14)21(33)28-23-25-12-19(36-23)22(34)35/h1-9,11-13,17H,10H2,(H,27,32)(H,34,35)(H,25,28,33). The predicted octanol–water partition coefficient (Wildman–Crippen LogP) is 2.85. The Morgan fingerprint density at radius 1 is 1.17 bits per heavy atom. The van der Waals surface area contributed by atoms with Crippen LogP contribution in [-0.4, -0.2) is 54.1 Å². The molecular weight excluding hydrogens is 506 g/mol. The molecule has 2 aromatic carbocycles. The monoisotopic (exact) mass is 523 g/mol. The zero-order valence-corrected chi connectivity index (χ0v) is 20.0. The van der Waals surface area contributed by atoms with Crippen molar-refractivity contribution in [3.05, 3.63) is 88.2 Å². The van der Waals surface area contributed by atoms with Gasteiger partial charge in [0.15, 0.2) is 5.13 Å². The number of hydrogen-bond donors (Lipinski definition) is 3. The van der Waals surface area contributed by atoms with Gasteiger partial charge in [-0.1, -0.05) is 53.3 Å². The summed E-state index contributed by atoms with van der Waals surface area (Å²) in [5.41, 5.74) is 2.01. The molecule has 36 heavy (non-hydrogen) atoms. The van der Waals surface area contributed by atoms with Crippen LogP contribution in [0.3, 0.4) is 0 Å². The largest absolute Gasteiger partial charge is 0.477 e. The molecule has 3 N–H and O–H groups in total. The molecule has 0 fully saturated rings. The van der Waals surface area contributed by atoms with Crippen LogP contribution >= 0.6 is 22.9 Å². The number of tetrazole rings is 1. The number of benzene rings is 2. The van der Waals surface area contributed by atoms with Crippen molar-refractivity contribution in [3.8, 4) is 5.69 Å². The predicted molar refractivity (Wildman–Crippen MR) is 133 cm³/mol. The third-order valence-corrected chi connectivity index (χ3v) is 6.00. The molecule has 0 radical (unpaired) electrons. The van der Waals surface area contributed by atoms with Gasteiger partial charge >= 0.3 is 5.97 Å². The van der Waals surface area contributed by atoms with Crippen LogP contribution in [0.4, 0.5) is 5.13 Å². The highest BCUT2D eigenvalue weighted by Crippen LogP contribution is 2.21. The number of carboxylic acids is 1. The van der Waals surface area contributed by atoms with Crippen molar-refractivity contribution in [2.75, 3.05) is 5.32 Å². The van der Waals surface area contributed by atoms with Gasteiger partial charge in [-0.25, -0.2) is 9.78 Å².